The molecule has 2 saturated heterocycles. The van der Waals surface area contributed by atoms with Crippen LogP contribution in [0.25, 0.3) is 0 Å². The van der Waals surface area contributed by atoms with Gasteiger partial charge in [-0.2, -0.15) is 0 Å². The number of piperazine rings is 1. The number of hydrogen-bond donors (Lipinski definition) is 0. The molecule has 1 atom stereocenters. The van der Waals surface area contributed by atoms with Gasteiger partial charge in [-0.1, -0.05) is 0 Å². The fourth-order valence-corrected chi connectivity index (χ4v) is 1.33. The molecule has 1 amide bonds. The summed E-state index contributed by atoms with van der Waals surface area (Å²) < 4.78 is 4.83. The average molecular weight is 141 g/mol. The quantitative estimate of drug-likeness (QED) is 0.453. The maximum atomic E-state index is 10.9. The van der Waals surface area contributed by atoms with Gasteiger partial charge in [0.15, 0.2) is 0 Å². The molecule has 2 rings (SSSR count). The van der Waals surface area contributed by atoms with E-state index < -0.39 is 0 Å². The number of amides is 1. The van der Waals surface area contributed by atoms with Crippen molar-refractivity contribution in [3.05, 3.63) is 0 Å². The van der Waals surface area contributed by atoms with Crippen LogP contribution in [-0.4, -0.2) is 43.3 Å². The van der Waals surface area contributed by atoms with Gasteiger partial charge < -0.3 is 4.74 Å². The molecule has 0 aromatic carbocycles. The van der Waals surface area contributed by atoms with Crippen molar-refractivity contribution in [2.75, 3.05) is 26.2 Å². The number of hydrogen-bond acceptors (Lipinski definition) is 2. The molecule has 55 valence electrons. The Bertz CT molecular complexity index is 160. The zero-order valence-electron chi connectivity index (χ0n) is 5.62. The van der Waals surface area contributed by atoms with Crippen molar-refractivity contribution in [3.8, 4) is 0 Å². The maximum Gasteiger partial charge on any atom is 0.410 e. The zero-order chi connectivity index (χ0) is 6.97. The van der Waals surface area contributed by atoms with Gasteiger partial charge in [0, 0.05) is 19.6 Å². The van der Waals surface area contributed by atoms with Crippen LogP contribution in [0.5, 0.6) is 0 Å². The summed E-state index contributed by atoms with van der Waals surface area (Å²) in [5.41, 5.74) is 0. The van der Waals surface area contributed by atoms with Crippen LogP contribution in [0.15, 0.2) is 0 Å². The molecular formula is C6H9N2O2. The van der Waals surface area contributed by atoms with E-state index in [4.69, 9.17) is 4.74 Å². The van der Waals surface area contributed by atoms with Crippen molar-refractivity contribution in [2.24, 2.45) is 0 Å². The summed E-state index contributed by atoms with van der Waals surface area (Å²) in [6.45, 7) is 2.79. The largest absolute Gasteiger partial charge is 0.447 e. The van der Waals surface area contributed by atoms with E-state index in [0.717, 1.165) is 19.6 Å². The van der Waals surface area contributed by atoms with E-state index in [1.54, 1.807) is 4.90 Å². The number of nitrogens with zero attached hydrogens (tertiary/aromatic N) is 2. The average Bonchev–Trinajstić information content (AvgIpc) is 2.34. The summed E-state index contributed by atoms with van der Waals surface area (Å²) in [5, 5.41) is 4.18. The molecule has 0 aliphatic carbocycles. The van der Waals surface area contributed by atoms with Crippen LogP contribution in [0.4, 0.5) is 4.79 Å². The molecule has 10 heavy (non-hydrogen) atoms. The predicted octanol–water partition coefficient (Wildman–Crippen LogP) is -0.575. The van der Waals surface area contributed by atoms with E-state index in [1.807, 2.05) is 0 Å². The highest BCUT2D eigenvalue weighted by molar-refractivity contribution is 5.70. The van der Waals surface area contributed by atoms with Gasteiger partial charge in [-0.25, -0.2) is 10.1 Å². The summed E-state index contributed by atoms with van der Waals surface area (Å²) in [7, 11) is 0. The highest BCUT2D eigenvalue weighted by Gasteiger charge is 2.34. The van der Waals surface area contributed by atoms with Crippen LogP contribution in [0.3, 0.4) is 0 Å². The van der Waals surface area contributed by atoms with E-state index in [9.17, 15) is 4.79 Å². The lowest BCUT2D eigenvalue weighted by molar-refractivity contribution is 0.155. The van der Waals surface area contributed by atoms with Gasteiger partial charge in [0.05, 0.1) is 6.04 Å². The minimum atomic E-state index is -0.167. The Morgan fingerprint density at radius 1 is 1.70 bits per heavy atom. The van der Waals surface area contributed by atoms with Crippen molar-refractivity contribution in [1.82, 2.24) is 10.2 Å². The smallest absolute Gasteiger partial charge is 0.410 e. The van der Waals surface area contributed by atoms with Gasteiger partial charge >= 0.3 is 6.09 Å². The minimum absolute atomic E-state index is 0.167. The third kappa shape index (κ3) is 0.759. The summed E-state index contributed by atoms with van der Waals surface area (Å²) >= 11 is 0. The number of carbonyl (C=O) groups is 1. The SMILES string of the molecule is O=C1OCC2C[N]CCN12. The Kier molecular flexibility index (Phi) is 1.27. The zero-order valence-corrected chi connectivity index (χ0v) is 5.62. The van der Waals surface area contributed by atoms with Gasteiger partial charge in [0.1, 0.15) is 6.61 Å². The van der Waals surface area contributed by atoms with E-state index >= 15 is 0 Å². The van der Waals surface area contributed by atoms with Crippen molar-refractivity contribution < 1.29 is 9.53 Å². The molecule has 0 aromatic rings. The molecule has 2 heterocycles. The molecule has 4 heteroatoms. The second-order valence-electron chi connectivity index (χ2n) is 2.55. The summed E-state index contributed by atoms with van der Waals surface area (Å²) in [6, 6.07) is 0.237. The van der Waals surface area contributed by atoms with Crippen LogP contribution in [0, 0.1) is 0 Å². The third-order valence-corrected chi connectivity index (χ3v) is 1.91. The predicted molar refractivity (Wildman–Crippen MR) is 33.7 cm³/mol. The Morgan fingerprint density at radius 2 is 2.60 bits per heavy atom. The lowest BCUT2D eigenvalue weighted by Gasteiger charge is -2.25. The number of carbonyl (C=O) groups excluding carboxylic acids is 1. The molecule has 0 spiro atoms. The Hall–Kier alpha value is -0.770. The topological polar surface area (TPSA) is 43.6 Å². The minimum Gasteiger partial charge on any atom is -0.447 e. The lowest BCUT2D eigenvalue weighted by atomic mass is 10.2. The van der Waals surface area contributed by atoms with Crippen LogP contribution < -0.4 is 5.32 Å². The highest BCUT2D eigenvalue weighted by atomic mass is 16.6. The van der Waals surface area contributed by atoms with Crippen LogP contribution in [0.1, 0.15) is 0 Å². The summed E-state index contributed by atoms with van der Waals surface area (Å²) in [5.74, 6) is 0. The van der Waals surface area contributed by atoms with Crippen molar-refractivity contribution in [2.45, 2.75) is 6.04 Å². The monoisotopic (exact) mass is 141 g/mol. The Morgan fingerprint density at radius 3 is 3.40 bits per heavy atom. The van der Waals surface area contributed by atoms with E-state index in [0.29, 0.717) is 6.61 Å². The fourth-order valence-electron chi connectivity index (χ4n) is 1.33. The first kappa shape index (κ1) is 5.97. The molecule has 0 aromatic heterocycles. The molecule has 4 nitrogen and oxygen atoms in total. The highest BCUT2D eigenvalue weighted by Crippen LogP contribution is 2.13. The molecule has 0 bridgehead atoms. The first-order valence-corrected chi connectivity index (χ1v) is 3.44. The lowest BCUT2D eigenvalue weighted by Crippen LogP contribution is -2.47. The third-order valence-electron chi connectivity index (χ3n) is 1.91. The first-order valence-electron chi connectivity index (χ1n) is 3.44. The van der Waals surface area contributed by atoms with Crippen LogP contribution in [0.2, 0.25) is 0 Å². The number of rotatable bonds is 0. The van der Waals surface area contributed by atoms with Gasteiger partial charge in [-0.05, 0) is 0 Å². The summed E-state index contributed by atoms with van der Waals surface area (Å²) in [4.78, 5) is 12.6. The number of fused-ring (bicyclic) bond motifs is 1. The molecule has 1 unspecified atom stereocenters. The molecular weight excluding hydrogens is 132 g/mol. The van der Waals surface area contributed by atoms with Gasteiger partial charge in [0.2, 0.25) is 0 Å². The van der Waals surface area contributed by atoms with Crippen LogP contribution in [-0.2, 0) is 4.74 Å². The second kappa shape index (κ2) is 2.12. The van der Waals surface area contributed by atoms with E-state index in [2.05, 4.69) is 5.32 Å². The first-order chi connectivity index (χ1) is 4.88. The van der Waals surface area contributed by atoms with E-state index in [1.165, 1.54) is 0 Å². The molecule has 2 aliphatic heterocycles. The normalized spacial score (nSPS) is 31.8. The Labute approximate surface area is 59.1 Å². The van der Waals surface area contributed by atoms with Gasteiger partial charge in [-0.3, -0.25) is 4.90 Å². The second-order valence-corrected chi connectivity index (χ2v) is 2.55. The molecule has 0 saturated carbocycles. The maximum absolute atomic E-state index is 10.9. The van der Waals surface area contributed by atoms with Crippen molar-refractivity contribution >= 4 is 6.09 Å². The molecule has 1 radical (unpaired) electrons. The van der Waals surface area contributed by atoms with Gasteiger partial charge in [0.25, 0.3) is 0 Å². The standard InChI is InChI=1S/C6H9N2O2/c9-6-8-2-1-7-3-5(8)4-10-6/h5H,1-4H2. The number of ether oxygens (including phenoxy) is 1. The van der Waals surface area contributed by atoms with Crippen molar-refractivity contribution in [3.63, 3.8) is 0 Å². The number of cyclic esters (lactones) is 1. The van der Waals surface area contributed by atoms with E-state index in [-0.39, 0.29) is 12.1 Å². The molecule has 2 fully saturated rings. The van der Waals surface area contributed by atoms with Crippen molar-refractivity contribution in [1.29, 1.82) is 0 Å². The fraction of sp³-hybridized carbons (Fsp3) is 0.833. The molecule has 0 N–H and O–H groups in total. The molecule has 2 aliphatic rings. The van der Waals surface area contributed by atoms with Gasteiger partial charge in [-0.15, -0.1) is 0 Å². The summed E-state index contributed by atoms with van der Waals surface area (Å²) in [6.07, 6.45) is -0.167. The Balaban J connectivity index is 2.08. The van der Waals surface area contributed by atoms with Crippen LogP contribution >= 0.6 is 0 Å².